The number of nitrogens with zero attached hydrogens (tertiary/aromatic N) is 2. The molecule has 4 nitrogen and oxygen atoms in total. The second-order valence-electron chi connectivity index (χ2n) is 8.24. The fourth-order valence-corrected chi connectivity index (χ4v) is 5.85. The van der Waals surface area contributed by atoms with E-state index in [1.54, 1.807) is 12.1 Å². The van der Waals surface area contributed by atoms with Crippen LogP contribution in [0.2, 0.25) is 10.0 Å². The van der Waals surface area contributed by atoms with Crippen molar-refractivity contribution in [1.29, 1.82) is 0 Å². The van der Waals surface area contributed by atoms with Crippen molar-refractivity contribution in [2.45, 2.75) is 6.54 Å². The van der Waals surface area contributed by atoms with E-state index in [-0.39, 0.29) is 11.7 Å². The minimum atomic E-state index is -0.239. The number of hydrogen-bond acceptors (Lipinski definition) is 4. The lowest BCUT2D eigenvalue weighted by atomic mass is 10.1. The summed E-state index contributed by atoms with van der Waals surface area (Å²) >= 11 is 13.8. The second kappa shape index (κ2) is 9.92. The van der Waals surface area contributed by atoms with Crippen molar-refractivity contribution in [2.75, 3.05) is 36.4 Å². The minimum absolute atomic E-state index is 0.150. The number of nitrogens with one attached hydrogen (secondary N) is 1. The van der Waals surface area contributed by atoms with Crippen LogP contribution in [0.1, 0.15) is 15.2 Å². The molecule has 0 radical (unpaired) electrons. The lowest BCUT2D eigenvalue weighted by molar-refractivity contribution is 0.103. The molecule has 1 aliphatic heterocycles. The molecule has 174 valence electrons. The zero-order valence-corrected chi connectivity index (χ0v) is 20.6. The van der Waals surface area contributed by atoms with Crippen LogP contribution in [0.4, 0.5) is 15.8 Å². The summed E-state index contributed by atoms with van der Waals surface area (Å²) in [6, 6.07) is 20.2. The molecule has 0 atom stereocenters. The summed E-state index contributed by atoms with van der Waals surface area (Å²) in [5.74, 6) is -0.389. The predicted molar refractivity (Wildman–Crippen MR) is 140 cm³/mol. The Labute approximate surface area is 211 Å². The molecule has 0 unspecified atom stereocenters. The molecular formula is C26H22Cl2FN3OS. The summed E-state index contributed by atoms with van der Waals surface area (Å²) in [4.78, 5) is 17.9. The van der Waals surface area contributed by atoms with Crippen molar-refractivity contribution < 1.29 is 9.18 Å². The van der Waals surface area contributed by atoms with Gasteiger partial charge in [-0.1, -0.05) is 47.5 Å². The normalized spacial score (nSPS) is 14.5. The standard InChI is InChI=1S/C26H22Cl2FN3OS/c27-18-5-10-21-23(15-18)34-25(24(21)28)26(33)30-19-6-8-20(9-7-19)32-13-11-31(12-14-32)16-17-3-1-2-4-22(17)29/h1-10,15H,11-14,16H2,(H,30,33). The highest BCUT2D eigenvalue weighted by molar-refractivity contribution is 7.21. The van der Waals surface area contributed by atoms with E-state index in [2.05, 4.69) is 15.1 Å². The van der Waals surface area contributed by atoms with Crippen LogP contribution >= 0.6 is 34.5 Å². The maximum Gasteiger partial charge on any atom is 0.267 e. The molecule has 2 heterocycles. The van der Waals surface area contributed by atoms with Crippen molar-refractivity contribution in [3.05, 3.63) is 93.0 Å². The number of halogens is 3. The monoisotopic (exact) mass is 513 g/mol. The van der Waals surface area contributed by atoms with Crippen LogP contribution in [0.25, 0.3) is 10.1 Å². The molecule has 1 saturated heterocycles. The molecule has 1 amide bonds. The van der Waals surface area contributed by atoms with Gasteiger partial charge in [0.25, 0.3) is 5.91 Å². The maximum atomic E-state index is 13.9. The molecule has 0 saturated carbocycles. The lowest BCUT2D eigenvalue weighted by Gasteiger charge is -2.36. The van der Waals surface area contributed by atoms with E-state index in [1.165, 1.54) is 17.4 Å². The number of hydrogen-bond donors (Lipinski definition) is 1. The van der Waals surface area contributed by atoms with E-state index in [9.17, 15) is 9.18 Å². The molecular weight excluding hydrogens is 492 g/mol. The zero-order valence-electron chi connectivity index (χ0n) is 18.2. The molecule has 1 N–H and O–H groups in total. The molecule has 0 spiro atoms. The molecule has 3 aromatic carbocycles. The van der Waals surface area contributed by atoms with Gasteiger partial charge in [0, 0.05) is 64.8 Å². The Morgan fingerprint density at radius 2 is 1.71 bits per heavy atom. The largest absolute Gasteiger partial charge is 0.369 e. The Balaban J connectivity index is 1.20. The molecule has 5 rings (SSSR count). The molecule has 1 aromatic heterocycles. The van der Waals surface area contributed by atoms with E-state index in [0.717, 1.165) is 47.5 Å². The number of carbonyl (C=O) groups is 1. The van der Waals surface area contributed by atoms with Gasteiger partial charge in [0.05, 0.1) is 5.02 Å². The van der Waals surface area contributed by atoms with Crippen LogP contribution < -0.4 is 10.2 Å². The average molecular weight is 514 g/mol. The highest BCUT2D eigenvalue weighted by atomic mass is 35.5. The number of amides is 1. The van der Waals surface area contributed by atoms with E-state index in [4.69, 9.17) is 23.2 Å². The first-order valence-electron chi connectivity index (χ1n) is 11.0. The zero-order chi connectivity index (χ0) is 23.7. The van der Waals surface area contributed by atoms with Crippen LogP contribution in [0, 0.1) is 5.82 Å². The summed E-state index contributed by atoms with van der Waals surface area (Å²) in [6.07, 6.45) is 0. The van der Waals surface area contributed by atoms with Crippen LogP contribution in [0.5, 0.6) is 0 Å². The van der Waals surface area contributed by atoms with Crippen LogP contribution in [0.15, 0.2) is 66.7 Å². The Morgan fingerprint density at radius 1 is 0.971 bits per heavy atom. The molecule has 8 heteroatoms. The van der Waals surface area contributed by atoms with E-state index in [0.29, 0.717) is 27.2 Å². The third-order valence-electron chi connectivity index (χ3n) is 6.01. The molecule has 34 heavy (non-hydrogen) atoms. The van der Waals surface area contributed by atoms with E-state index in [1.807, 2.05) is 48.5 Å². The van der Waals surface area contributed by atoms with E-state index < -0.39 is 0 Å². The fourth-order valence-electron chi connectivity index (χ4n) is 4.16. The number of piperazine rings is 1. The SMILES string of the molecule is O=C(Nc1ccc(N2CCN(Cc3ccccc3F)CC2)cc1)c1sc2cc(Cl)ccc2c1Cl. The van der Waals surface area contributed by atoms with Crippen molar-refractivity contribution in [1.82, 2.24) is 4.90 Å². The first-order valence-corrected chi connectivity index (χ1v) is 12.5. The first kappa shape index (κ1) is 23.1. The summed E-state index contributed by atoms with van der Waals surface area (Å²) in [6.45, 7) is 4.07. The Bertz CT molecular complexity index is 1330. The Kier molecular flexibility index (Phi) is 6.75. The predicted octanol–water partition coefficient (Wildman–Crippen LogP) is 6.92. The van der Waals surface area contributed by atoms with Crippen molar-refractivity contribution in [3.63, 3.8) is 0 Å². The number of carbonyl (C=O) groups excluding carboxylic acids is 1. The highest BCUT2D eigenvalue weighted by Gasteiger charge is 2.20. The number of fused-ring (bicyclic) bond motifs is 1. The molecule has 0 bridgehead atoms. The van der Waals surface area contributed by atoms with Gasteiger partial charge in [-0.3, -0.25) is 9.69 Å². The molecule has 1 aliphatic rings. The van der Waals surface area contributed by atoms with E-state index >= 15 is 0 Å². The third kappa shape index (κ3) is 4.91. The van der Waals surface area contributed by atoms with Crippen molar-refractivity contribution >= 4 is 61.9 Å². The van der Waals surface area contributed by atoms with Crippen molar-refractivity contribution in [2.24, 2.45) is 0 Å². The van der Waals surface area contributed by atoms with Crippen LogP contribution in [0.3, 0.4) is 0 Å². The molecule has 1 fully saturated rings. The van der Waals surface area contributed by atoms with Gasteiger partial charge in [0.15, 0.2) is 0 Å². The van der Waals surface area contributed by atoms with Gasteiger partial charge in [0.1, 0.15) is 10.7 Å². The number of rotatable bonds is 5. The second-order valence-corrected chi connectivity index (χ2v) is 10.1. The van der Waals surface area contributed by atoms with Crippen molar-refractivity contribution in [3.8, 4) is 0 Å². The highest BCUT2D eigenvalue weighted by Crippen LogP contribution is 2.37. The number of thiophene rings is 1. The summed E-state index contributed by atoms with van der Waals surface area (Å²) in [5, 5.41) is 4.82. The maximum absolute atomic E-state index is 13.9. The fraction of sp³-hybridized carbons (Fsp3) is 0.192. The van der Waals surface area contributed by atoms with Crippen LogP contribution in [-0.2, 0) is 6.54 Å². The summed E-state index contributed by atoms with van der Waals surface area (Å²) < 4.78 is 14.8. The van der Waals surface area contributed by atoms with Gasteiger partial charge < -0.3 is 10.2 Å². The van der Waals surface area contributed by atoms with Gasteiger partial charge >= 0.3 is 0 Å². The topological polar surface area (TPSA) is 35.6 Å². The Hall–Kier alpha value is -2.64. The van der Waals surface area contributed by atoms with Gasteiger partial charge in [-0.05, 0) is 42.5 Å². The molecule has 4 aromatic rings. The van der Waals surface area contributed by atoms with Gasteiger partial charge in [0.2, 0.25) is 0 Å². The summed E-state index contributed by atoms with van der Waals surface area (Å²) in [7, 11) is 0. The third-order valence-corrected chi connectivity index (χ3v) is 7.90. The lowest BCUT2D eigenvalue weighted by Crippen LogP contribution is -2.46. The average Bonchev–Trinajstić information content (AvgIpc) is 3.17. The van der Waals surface area contributed by atoms with Crippen LogP contribution in [-0.4, -0.2) is 37.0 Å². The molecule has 0 aliphatic carbocycles. The smallest absolute Gasteiger partial charge is 0.267 e. The Morgan fingerprint density at radius 3 is 2.44 bits per heavy atom. The number of anilines is 2. The summed E-state index contributed by atoms with van der Waals surface area (Å²) in [5.41, 5.74) is 2.54. The minimum Gasteiger partial charge on any atom is -0.369 e. The first-order chi connectivity index (χ1) is 16.5. The number of benzene rings is 3. The van der Waals surface area contributed by atoms with Gasteiger partial charge in [-0.15, -0.1) is 11.3 Å². The van der Waals surface area contributed by atoms with Gasteiger partial charge in [-0.2, -0.15) is 0 Å². The van der Waals surface area contributed by atoms with Gasteiger partial charge in [-0.25, -0.2) is 4.39 Å². The quantitative estimate of drug-likeness (QED) is 0.314.